The van der Waals surface area contributed by atoms with Crippen LogP contribution < -0.4 is 5.32 Å². The molecule has 0 spiro atoms. The summed E-state index contributed by atoms with van der Waals surface area (Å²) in [6, 6.07) is 0.155. The summed E-state index contributed by atoms with van der Waals surface area (Å²) in [7, 11) is 0. The number of alkyl halides is 2. The maximum absolute atomic E-state index is 11.9. The zero-order valence-electron chi connectivity index (χ0n) is 7.42. The monoisotopic (exact) mass is 191 g/mol. The second kappa shape index (κ2) is 5.29. The molecule has 1 rings (SSSR count). The van der Waals surface area contributed by atoms with Gasteiger partial charge in [0.2, 0.25) is 0 Å². The Balaban J connectivity index is 2.17. The van der Waals surface area contributed by atoms with E-state index in [2.05, 4.69) is 5.32 Å². The Labute approximate surface area is 76.6 Å². The van der Waals surface area contributed by atoms with Gasteiger partial charge < -0.3 is 10.4 Å². The highest BCUT2D eigenvalue weighted by molar-refractivity contribution is 4.97. The molecule has 0 saturated carbocycles. The van der Waals surface area contributed by atoms with Crippen molar-refractivity contribution in [2.24, 2.45) is 0 Å². The first-order valence-electron chi connectivity index (χ1n) is 4.56. The van der Waals surface area contributed by atoms with E-state index >= 15 is 0 Å². The van der Waals surface area contributed by atoms with Crippen molar-refractivity contribution in [3.63, 3.8) is 0 Å². The Kier molecular flexibility index (Phi) is 4.32. The molecule has 0 amide bonds. The van der Waals surface area contributed by atoms with Gasteiger partial charge in [-0.15, -0.1) is 0 Å². The Hall–Kier alpha value is -0.480. The summed E-state index contributed by atoms with van der Waals surface area (Å²) in [4.78, 5) is 0. The molecule has 2 nitrogen and oxygen atoms in total. The van der Waals surface area contributed by atoms with Crippen LogP contribution in [0.5, 0.6) is 0 Å². The Morgan fingerprint density at radius 3 is 2.85 bits per heavy atom. The van der Waals surface area contributed by atoms with Crippen LogP contribution in [0.2, 0.25) is 0 Å². The highest BCUT2D eigenvalue weighted by Gasteiger charge is 2.17. The maximum Gasteiger partial charge on any atom is 0.265 e. The smallest absolute Gasteiger partial charge is 0.265 e. The van der Waals surface area contributed by atoms with Crippen molar-refractivity contribution in [2.45, 2.75) is 37.8 Å². The molecule has 0 aromatic heterocycles. The molecule has 0 aromatic carbocycles. The SMILES string of the molecule is OC(CNC1C=CCCC1)C(F)F. The van der Waals surface area contributed by atoms with Crippen LogP contribution in [0.25, 0.3) is 0 Å². The van der Waals surface area contributed by atoms with Crippen molar-refractivity contribution in [1.82, 2.24) is 5.32 Å². The number of hydrogen-bond donors (Lipinski definition) is 2. The Morgan fingerprint density at radius 2 is 2.31 bits per heavy atom. The third-order valence-electron chi connectivity index (χ3n) is 2.13. The molecule has 2 atom stereocenters. The van der Waals surface area contributed by atoms with E-state index in [0.717, 1.165) is 19.3 Å². The molecule has 0 saturated heterocycles. The first-order valence-corrected chi connectivity index (χ1v) is 4.56. The highest BCUT2D eigenvalue weighted by atomic mass is 19.3. The molecule has 1 aliphatic carbocycles. The summed E-state index contributed by atoms with van der Waals surface area (Å²) in [6.07, 6.45) is 2.92. The molecule has 0 aliphatic heterocycles. The number of aliphatic hydroxyl groups excluding tert-OH is 1. The molecule has 2 N–H and O–H groups in total. The van der Waals surface area contributed by atoms with E-state index in [1.165, 1.54) is 0 Å². The maximum atomic E-state index is 11.9. The van der Waals surface area contributed by atoms with E-state index < -0.39 is 12.5 Å². The minimum absolute atomic E-state index is 0.0350. The van der Waals surface area contributed by atoms with Gasteiger partial charge in [-0.05, 0) is 19.3 Å². The lowest BCUT2D eigenvalue weighted by molar-refractivity contribution is -0.00414. The Morgan fingerprint density at radius 1 is 1.54 bits per heavy atom. The van der Waals surface area contributed by atoms with Gasteiger partial charge in [-0.1, -0.05) is 12.2 Å². The van der Waals surface area contributed by atoms with Crippen molar-refractivity contribution >= 4 is 0 Å². The molecular weight excluding hydrogens is 176 g/mol. The summed E-state index contributed by atoms with van der Waals surface area (Å²) in [5.41, 5.74) is 0. The van der Waals surface area contributed by atoms with Gasteiger partial charge in [-0.25, -0.2) is 8.78 Å². The van der Waals surface area contributed by atoms with Crippen molar-refractivity contribution in [2.75, 3.05) is 6.54 Å². The molecule has 0 radical (unpaired) electrons. The lowest BCUT2D eigenvalue weighted by Crippen LogP contribution is -2.38. The quantitative estimate of drug-likeness (QED) is 0.657. The number of rotatable bonds is 4. The van der Waals surface area contributed by atoms with Crippen LogP contribution in [0, 0.1) is 0 Å². The first-order chi connectivity index (χ1) is 6.20. The van der Waals surface area contributed by atoms with Crippen LogP contribution in [-0.2, 0) is 0 Å². The Bertz CT molecular complexity index is 173. The van der Waals surface area contributed by atoms with Crippen molar-refractivity contribution in [3.8, 4) is 0 Å². The van der Waals surface area contributed by atoms with E-state index in [0.29, 0.717) is 0 Å². The molecule has 1 aliphatic rings. The van der Waals surface area contributed by atoms with Crippen molar-refractivity contribution < 1.29 is 13.9 Å². The average Bonchev–Trinajstić information content (AvgIpc) is 2.15. The first kappa shape index (κ1) is 10.6. The fourth-order valence-electron chi connectivity index (χ4n) is 1.34. The second-order valence-electron chi connectivity index (χ2n) is 3.28. The molecule has 4 heteroatoms. The second-order valence-corrected chi connectivity index (χ2v) is 3.28. The van der Waals surface area contributed by atoms with E-state index in [9.17, 15) is 8.78 Å². The fraction of sp³-hybridized carbons (Fsp3) is 0.778. The molecule has 13 heavy (non-hydrogen) atoms. The minimum Gasteiger partial charge on any atom is -0.386 e. The molecule has 0 heterocycles. The predicted octanol–water partition coefficient (Wildman–Crippen LogP) is 1.31. The molecule has 2 unspecified atom stereocenters. The molecule has 0 fully saturated rings. The molecular formula is C9H15F2NO. The van der Waals surface area contributed by atoms with Gasteiger partial charge in [-0.3, -0.25) is 0 Å². The van der Waals surface area contributed by atoms with Crippen LogP contribution in [0.3, 0.4) is 0 Å². The zero-order chi connectivity index (χ0) is 9.68. The van der Waals surface area contributed by atoms with Crippen LogP contribution >= 0.6 is 0 Å². The number of hydrogen-bond acceptors (Lipinski definition) is 2. The van der Waals surface area contributed by atoms with Crippen molar-refractivity contribution in [3.05, 3.63) is 12.2 Å². The number of halogens is 2. The van der Waals surface area contributed by atoms with Crippen LogP contribution in [0.4, 0.5) is 8.78 Å². The van der Waals surface area contributed by atoms with Gasteiger partial charge in [0.25, 0.3) is 6.43 Å². The molecule has 0 aromatic rings. The molecule has 76 valence electrons. The molecule has 0 bridgehead atoms. The van der Waals surface area contributed by atoms with E-state index in [1.807, 2.05) is 12.2 Å². The fourth-order valence-corrected chi connectivity index (χ4v) is 1.34. The van der Waals surface area contributed by atoms with Gasteiger partial charge in [0.1, 0.15) is 6.10 Å². The summed E-state index contributed by atoms with van der Waals surface area (Å²) in [6.45, 7) is -0.0350. The highest BCUT2D eigenvalue weighted by Crippen LogP contribution is 2.10. The van der Waals surface area contributed by atoms with Crippen molar-refractivity contribution in [1.29, 1.82) is 0 Å². The third kappa shape index (κ3) is 3.83. The van der Waals surface area contributed by atoms with Gasteiger partial charge in [0.15, 0.2) is 0 Å². The minimum atomic E-state index is -2.65. The van der Waals surface area contributed by atoms with Crippen LogP contribution in [0.1, 0.15) is 19.3 Å². The van der Waals surface area contributed by atoms with Gasteiger partial charge in [0, 0.05) is 12.6 Å². The number of aliphatic hydroxyl groups is 1. The predicted molar refractivity (Wildman–Crippen MR) is 46.8 cm³/mol. The summed E-state index contributed by atoms with van der Waals surface area (Å²) >= 11 is 0. The number of nitrogens with one attached hydrogen (secondary N) is 1. The topological polar surface area (TPSA) is 32.3 Å². The average molecular weight is 191 g/mol. The zero-order valence-corrected chi connectivity index (χ0v) is 7.42. The lowest BCUT2D eigenvalue weighted by atomic mass is 10.0. The van der Waals surface area contributed by atoms with E-state index in [4.69, 9.17) is 5.11 Å². The summed E-state index contributed by atoms with van der Waals surface area (Å²) < 4.78 is 23.7. The van der Waals surface area contributed by atoms with Crippen LogP contribution in [0.15, 0.2) is 12.2 Å². The van der Waals surface area contributed by atoms with Crippen LogP contribution in [-0.4, -0.2) is 30.2 Å². The van der Waals surface area contributed by atoms with E-state index in [-0.39, 0.29) is 12.6 Å². The largest absolute Gasteiger partial charge is 0.386 e. The van der Waals surface area contributed by atoms with Gasteiger partial charge in [-0.2, -0.15) is 0 Å². The summed E-state index contributed by atoms with van der Waals surface area (Å²) in [5, 5.41) is 11.7. The van der Waals surface area contributed by atoms with E-state index in [1.54, 1.807) is 0 Å². The standard InChI is InChI=1S/C9H15F2NO/c10-9(11)8(13)6-12-7-4-2-1-3-5-7/h2,4,7-9,12-13H,1,3,5-6H2. The van der Waals surface area contributed by atoms with Gasteiger partial charge >= 0.3 is 0 Å². The number of allylic oxidation sites excluding steroid dienone is 1. The summed E-state index contributed by atoms with van der Waals surface area (Å²) in [5.74, 6) is 0. The van der Waals surface area contributed by atoms with Gasteiger partial charge in [0.05, 0.1) is 0 Å². The third-order valence-corrected chi connectivity index (χ3v) is 2.13. The lowest BCUT2D eigenvalue weighted by Gasteiger charge is -2.19. The normalized spacial score (nSPS) is 25.1.